The smallest absolute Gasteiger partial charge is 0.410 e. The lowest BCUT2D eigenvalue weighted by molar-refractivity contribution is -0.134. The molecule has 0 saturated heterocycles. The van der Waals surface area contributed by atoms with E-state index in [-0.39, 0.29) is 24.7 Å². The van der Waals surface area contributed by atoms with Crippen LogP contribution in [0.4, 0.5) is 4.79 Å². The number of hydrogen-bond donors (Lipinski definition) is 3. The molecule has 3 N–H and O–H groups in total. The third kappa shape index (κ3) is 15.2. The molecule has 0 fully saturated rings. The van der Waals surface area contributed by atoms with Gasteiger partial charge in [0.1, 0.15) is 35.6 Å². The van der Waals surface area contributed by atoms with Crippen molar-refractivity contribution in [3.63, 3.8) is 0 Å². The number of unbranched alkanes of at least 4 members (excludes halogenated alkanes) is 1. The number of amides is 1. The summed E-state index contributed by atoms with van der Waals surface area (Å²) in [4.78, 5) is 34.8. The van der Waals surface area contributed by atoms with Gasteiger partial charge in [0, 0.05) is 18.9 Å². The molecule has 2 aromatic carbocycles. The SMILES string of the molecule is CCC(CCCCNCC(O)COc1c(I)cc(Oc2c(I)cc(CC(NC(=O)OC(C)(C)C)OC=O)cc2I)cc1I)C(C)=O. The van der Waals surface area contributed by atoms with Crippen LogP contribution in [-0.4, -0.2) is 61.1 Å². The van der Waals surface area contributed by atoms with Crippen LogP contribution >= 0.6 is 90.4 Å². The monoisotopic (exact) mass is 1090 g/mol. The van der Waals surface area contributed by atoms with Crippen molar-refractivity contribution < 1.29 is 38.4 Å². The van der Waals surface area contributed by atoms with E-state index in [9.17, 15) is 19.5 Å². The number of ether oxygens (including phenoxy) is 4. The van der Waals surface area contributed by atoms with E-state index in [1.165, 1.54) is 0 Å². The van der Waals surface area contributed by atoms with Gasteiger partial charge in [0.25, 0.3) is 6.47 Å². The maximum atomic E-state index is 12.2. The number of carbonyl (C=O) groups is 3. The zero-order chi connectivity index (χ0) is 34.4. The Kier molecular flexibility index (Phi) is 18.7. The van der Waals surface area contributed by atoms with Crippen LogP contribution < -0.4 is 20.1 Å². The van der Waals surface area contributed by atoms with Crippen molar-refractivity contribution in [3.05, 3.63) is 44.1 Å². The Balaban J connectivity index is 1.95. The van der Waals surface area contributed by atoms with Crippen LogP contribution in [0, 0.1) is 20.2 Å². The number of halogens is 4. The number of hydrogen-bond acceptors (Lipinski definition) is 9. The van der Waals surface area contributed by atoms with Gasteiger partial charge in [0.05, 0.1) is 14.3 Å². The third-order valence-electron chi connectivity index (χ3n) is 6.59. The third-order valence-corrected chi connectivity index (χ3v) is 9.80. The van der Waals surface area contributed by atoms with Gasteiger partial charge >= 0.3 is 6.09 Å². The molecule has 2 rings (SSSR count). The Bertz CT molecular complexity index is 1280. The summed E-state index contributed by atoms with van der Waals surface area (Å²) < 4.78 is 26.0. The predicted molar refractivity (Wildman–Crippen MR) is 211 cm³/mol. The zero-order valence-electron chi connectivity index (χ0n) is 26.6. The number of nitrogens with one attached hydrogen (secondary N) is 2. The number of aliphatic hydroxyl groups excluding tert-OH is 1. The molecule has 0 aliphatic heterocycles. The molecule has 46 heavy (non-hydrogen) atoms. The molecule has 2 aromatic rings. The van der Waals surface area contributed by atoms with Gasteiger partial charge in [0.2, 0.25) is 0 Å². The van der Waals surface area contributed by atoms with Crippen molar-refractivity contribution in [3.8, 4) is 17.2 Å². The fourth-order valence-electron chi connectivity index (χ4n) is 4.38. The number of ketones is 1. The molecule has 3 unspecified atom stereocenters. The van der Waals surface area contributed by atoms with Gasteiger partial charge in [-0.05, 0) is 174 Å². The first-order chi connectivity index (χ1) is 21.6. The second-order valence-corrected chi connectivity index (χ2v) is 16.3. The largest absolute Gasteiger partial charge is 0.489 e. The molecule has 3 atom stereocenters. The van der Waals surface area contributed by atoms with Crippen molar-refractivity contribution in [1.82, 2.24) is 10.6 Å². The summed E-state index contributed by atoms with van der Waals surface area (Å²) in [6, 6.07) is 7.58. The Morgan fingerprint density at radius 1 is 0.978 bits per heavy atom. The zero-order valence-corrected chi connectivity index (χ0v) is 35.2. The molecule has 10 nitrogen and oxygen atoms in total. The number of carbonyl (C=O) groups excluding carboxylic acids is 3. The quantitative estimate of drug-likeness (QED) is 0.0564. The van der Waals surface area contributed by atoms with Gasteiger partial charge in [-0.1, -0.05) is 13.3 Å². The second-order valence-electron chi connectivity index (χ2n) is 11.7. The highest BCUT2D eigenvalue weighted by molar-refractivity contribution is 14.1. The van der Waals surface area contributed by atoms with Crippen molar-refractivity contribution in [2.24, 2.45) is 5.92 Å². The van der Waals surface area contributed by atoms with Crippen molar-refractivity contribution in [2.75, 3.05) is 19.7 Å². The fourth-order valence-corrected chi connectivity index (χ4v) is 8.51. The van der Waals surface area contributed by atoms with E-state index in [2.05, 4.69) is 101 Å². The number of alkyl carbamates (subject to hydrolysis) is 1. The molecule has 0 aromatic heterocycles. The molecule has 14 heteroatoms. The highest BCUT2D eigenvalue weighted by Crippen LogP contribution is 2.37. The maximum Gasteiger partial charge on any atom is 0.410 e. The van der Waals surface area contributed by atoms with Gasteiger partial charge in [-0.3, -0.25) is 14.9 Å². The highest BCUT2D eigenvalue weighted by atomic mass is 127. The summed E-state index contributed by atoms with van der Waals surface area (Å²) in [5.41, 5.74) is 0.152. The summed E-state index contributed by atoms with van der Waals surface area (Å²) in [5.74, 6) is 2.40. The fraction of sp³-hybridized carbons (Fsp3) is 0.531. The lowest BCUT2D eigenvalue weighted by Gasteiger charge is -2.23. The van der Waals surface area contributed by atoms with Crippen LogP contribution in [-0.2, 0) is 25.5 Å². The molecule has 0 aliphatic rings. The van der Waals surface area contributed by atoms with E-state index in [1.54, 1.807) is 27.7 Å². The summed E-state index contributed by atoms with van der Waals surface area (Å²) in [7, 11) is 0. The van der Waals surface area contributed by atoms with Crippen LogP contribution in [0.5, 0.6) is 17.2 Å². The van der Waals surface area contributed by atoms with Crippen molar-refractivity contribution in [1.29, 1.82) is 0 Å². The average molecular weight is 1090 g/mol. The minimum Gasteiger partial charge on any atom is -0.489 e. The summed E-state index contributed by atoms with van der Waals surface area (Å²) in [6.07, 6.45) is 1.73. The van der Waals surface area contributed by atoms with E-state index in [4.69, 9.17) is 18.9 Å². The molecule has 1 amide bonds. The normalized spacial score (nSPS) is 13.3. The van der Waals surface area contributed by atoms with Crippen LogP contribution in [0.25, 0.3) is 0 Å². The van der Waals surface area contributed by atoms with E-state index in [0.29, 0.717) is 30.3 Å². The number of aliphatic hydroxyl groups is 1. The van der Waals surface area contributed by atoms with E-state index >= 15 is 0 Å². The van der Waals surface area contributed by atoms with Gasteiger partial charge in [-0.2, -0.15) is 0 Å². The molecule has 0 heterocycles. The van der Waals surface area contributed by atoms with E-state index in [0.717, 1.165) is 52.1 Å². The van der Waals surface area contributed by atoms with Gasteiger partial charge < -0.3 is 29.4 Å². The van der Waals surface area contributed by atoms with Crippen LogP contribution in [0.3, 0.4) is 0 Å². The van der Waals surface area contributed by atoms with Crippen LogP contribution in [0.1, 0.15) is 65.9 Å². The topological polar surface area (TPSA) is 132 Å². The van der Waals surface area contributed by atoms with Gasteiger partial charge in [0.15, 0.2) is 12.0 Å². The minimum absolute atomic E-state index is 0.149. The van der Waals surface area contributed by atoms with Crippen molar-refractivity contribution in [2.45, 2.75) is 84.7 Å². The molecule has 0 bridgehead atoms. The maximum absolute atomic E-state index is 12.2. The van der Waals surface area contributed by atoms with Crippen LogP contribution in [0.15, 0.2) is 24.3 Å². The Labute approximate surface area is 326 Å². The first-order valence-electron chi connectivity index (χ1n) is 14.9. The Morgan fingerprint density at radius 3 is 2.13 bits per heavy atom. The highest BCUT2D eigenvalue weighted by Gasteiger charge is 2.22. The average Bonchev–Trinajstić information content (AvgIpc) is 2.93. The van der Waals surface area contributed by atoms with Crippen LogP contribution in [0.2, 0.25) is 0 Å². The number of Topliss-reactive ketones (excluding diaryl/α,β-unsaturated/α-hetero) is 1. The lowest BCUT2D eigenvalue weighted by Crippen LogP contribution is -2.41. The lowest BCUT2D eigenvalue weighted by atomic mass is 9.95. The molecule has 256 valence electrons. The van der Waals surface area contributed by atoms with Gasteiger partial charge in [-0.25, -0.2) is 4.79 Å². The second kappa shape index (κ2) is 20.7. The Morgan fingerprint density at radius 2 is 1.59 bits per heavy atom. The Hall–Kier alpha value is -0.710. The first kappa shape index (κ1) is 41.5. The van der Waals surface area contributed by atoms with Gasteiger partial charge in [-0.15, -0.1) is 0 Å². The molecular weight excluding hydrogens is 1050 g/mol. The summed E-state index contributed by atoms with van der Waals surface area (Å²) >= 11 is 8.78. The number of benzene rings is 2. The number of rotatable bonds is 19. The van der Waals surface area contributed by atoms with E-state index < -0.39 is 24.0 Å². The molecule has 0 spiro atoms. The molecule has 0 radical (unpaired) electrons. The molecule has 0 saturated carbocycles. The summed E-state index contributed by atoms with van der Waals surface area (Å²) in [6.45, 7) is 10.6. The molecule has 0 aliphatic carbocycles. The van der Waals surface area contributed by atoms with Crippen molar-refractivity contribution >= 4 is 109 Å². The van der Waals surface area contributed by atoms with E-state index in [1.807, 2.05) is 31.2 Å². The molecular formula is C32H42I4N2O8. The predicted octanol–water partition coefficient (Wildman–Crippen LogP) is 7.58. The standard InChI is InChI=1S/C32H42I4N2O8/c1-6-21(19(2)40)9-7-8-10-37-16-22(41)17-43-29-26(35)14-23(15-27(29)36)45-30-24(33)11-20(12-25(30)34)13-28(44-18-39)38-31(42)46-32(3,4)5/h11-12,14-15,18,21-22,28,37,41H,6-10,13,16-17H2,1-5H3,(H,38,42). The first-order valence-corrected chi connectivity index (χ1v) is 19.2. The minimum atomic E-state index is -0.895. The summed E-state index contributed by atoms with van der Waals surface area (Å²) in [5, 5.41) is 16.3.